The van der Waals surface area contributed by atoms with Crippen molar-refractivity contribution >= 4 is 29.4 Å². The fourth-order valence-corrected chi connectivity index (χ4v) is 2.82. The van der Waals surface area contributed by atoms with Gasteiger partial charge >= 0.3 is 6.09 Å². The van der Waals surface area contributed by atoms with Gasteiger partial charge in [-0.1, -0.05) is 18.5 Å². The average Bonchev–Trinajstić information content (AvgIpc) is 2.49. The molecule has 1 aromatic rings. The van der Waals surface area contributed by atoms with Crippen LogP contribution in [0.3, 0.4) is 0 Å². The number of nitrogens with zero attached hydrogens (tertiary/aromatic N) is 2. The molecule has 0 radical (unpaired) electrons. The molecule has 2 amide bonds. The second kappa shape index (κ2) is 7.47. The number of hydrogen-bond acceptors (Lipinski definition) is 5. The number of carbonyl (C=O) groups is 2. The number of pyridine rings is 1. The Bertz CT molecular complexity index is 660. The first-order chi connectivity index (χ1) is 11.6. The number of ether oxygens (including phenoxy) is 1. The molecule has 0 saturated carbocycles. The maximum atomic E-state index is 12.3. The number of likely N-dealkylation sites (tertiary alicyclic amines) is 1. The highest BCUT2D eigenvalue weighted by Gasteiger charge is 2.32. The van der Waals surface area contributed by atoms with E-state index in [1.807, 2.05) is 20.8 Å². The Morgan fingerprint density at radius 3 is 2.68 bits per heavy atom. The summed E-state index contributed by atoms with van der Waals surface area (Å²) in [6, 6.07) is 1.46. The number of primary amides is 1. The molecule has 25 heavy (non-hydrogen) atoms. The highest BCUT2D eigenvalue weighted by molar-refractivity contribution is 6.33. The molecule has 0 spiro atoms. The molecule has 1 aromatic heterocycles. The predicted octanol–water partition coefficient (Wildman–Crippen LogP) is 2.89. The number of halogens is 1. The first-order valence-electron chi connectivity index (χ1n) is 8.26. The lowest BCUT2D eigenvalue weighted by atomic mass is 9.93. The SMILES string of the molecule is CC1CCN(C(=O)OC(C)(C)C)CC1Nc1ncc(C(N)=O)cc1Cl. The minimum Gasteiger partial charge on any atom is -0.444 e. The van der Waals surface area contributed by atoms with E-state index < -0.39 is 11.5 Å². The lowest BCUT2D eigenvalue weighted by molar-refractivity contribution is 0.0176. The number of rotatable bonds is 3. The highest BCUT2D eigenvalue weighted by atomic mass is 35.5. The number of hydrogen-bond donors (Lipinski definition) is 2. The second-order valence-corrected chi connectivity index (χ2v) is 7.77. The highest BCUT2D eigenvalue weighted by Crippen LogP contribution is 2.26. The molecular formula is C17H25ClN4O3. The molecule has 1 saturated heterocycles. The number of piperidine rings is 1. The fraction of sp³-hybridized carbons (Fsp3) is 0.588. The maximum absolute atomic E-state index is 12.3. The minimum atomic E-state index is -0.580. The lowest BCUT2D eigenvalue weighted by Crippen LogP contribution is -2.50. The van der Waals surface area contributed by atoms with Crippen molar-refractivity contribution in [3.05, 3.63) is 22.8 Å². The Morgan fingerprint density at radius 2 is 2.12 bits per heavy atom. The maximum Gasteiger partial charge on any atom is 0.410 e. The third kappa shape index (κ3) is 5.22. The van der Waals surface area contributed by atoms with Gasteiger partial charge < -0.3 is 20.7 Å². The molecule has 2 rings (SSSR count). The Kier molecular flexibility index (Phi) is 5.77. The van der Waals surface area contributed by atoms with Gasteiger partial charge in [0.05, 0.1) is 10.6 Å². The summed E-state index contributed by atoms with van der Waals surface area (Å²) >= 11 is 6.19. The first kappa shape index (κ1) is 19.3. The van der Waals surface area contributed by atoms with Gasteiger partial charge in [-0.25, -0.2) is 9.78 Å². The zero-order chi connectivity index (χ0) is 18.8. The Balaban J connectivity index is 2.07. The van der Waals surface area contributed by atoms with E-state index in [1.165, 1.54) is 12.3 Å². The zero-order valence-corrected chi connectivity index (χ0v) is 15.8. The molecule has 1 fully saturated rings. The van der Waals surface area contributed by atoms with Crippen molar-refractivity contribution in [2.75, 3.05) is 18.4 Å². The third-order valence-corrected chi connectivity index (χ3v) is 4.35. The molecule has 2 unspecified atom stereocenters. The van der Waals surface area contributed by atoms with E-state index >= 15 is 0 Å². The van der Waals surface area contributed by atoms with Gasteiger partial charge in [-0.3, -0.25) is 4.79 Å². The van der Waals surface area contributed by atoms with Crippen molar-refractivity contribution in [3.63, 3.8) is 0 Å². The van der Waals surface area contributed by atoms with Crippen LogP contribution in [0.4, 0.5) is 10.6 Å². The van der Waals surface area contributed by atoms with Crippen LogP contribution in [0.1, 0.15) is 44.5 Å². The van der Waals surface area contributed by atoms with Gasteiger partial charge in [0.15, 0.2) is 0 Å². The van der Waals surface area contributed by atoms with Crippen molar-refractivity contribution in [3.8, 4) is 0 Å². The zero-order valence-electron chi connectivity index (χ0n) is 15.0. The molecule has 8 heteroatoms. The molecule has 2 atom stereocenters. The normalized spacial score (nSPS) is 20.9. The lowest BCUT2D eigenvalue weighted by Gasteiger charge is -2.38. The average molecular weight is 369 g/mol. The molecule has 1 aliphatic heterocycles. The van der Waals surface area contributed by atoms with E-state index in [4.69, 9.17) is 22.1 Å². The van der Waals surface area contributed by atoms with Gasteiger partial charge in [0.25, 0.3) is 0 Å². The standard InChI is InChI=1S/C17H25ClN4O3/c1-10-5-6-22(16(24)25-17(2,3)4)9-13(10)21-15-12(18)7-11(8-20-15)14(19)23/h7-8,10,13H,5-6,9H2,1-4H3,(H2,19,23)(H,20,21). The van der Waals surface area contributed by atoms with Gasteiger partial charge in [0.2, 0.25) is 5.91 Å². The first-order valence-corrected chi connectivity index (χ1v) is 8.64. The summed E-state index contributed by atoms with van der Waals surface area (Å²) in [5, 5.41) is 3.59. The summed E-state index contributed by atoms with van der Waals surface area (Å²) in [4.78, 5) is 29.3. The van der Waals surface area contributed by atoms with Crippen molar-refractivity contribution in [1.82, 2.24) is 9.88 Å². The topological polar surface area (TPSA) is 97.6 Å². The molecule has 7 nitrogen and oxygen atoms in total. The van der Waals surface area contributed by atoms with Crippen molar-refractivity contribution in [2.45, 2.75) is 45.8 Å². The summed E-state index contributed by atoms with van der Waals surface area (Å²) in [5.41, 5.74) is 4.95. The number of anilines is 1. The van der Waals surface area contributed by atoms with Crippen LogP contribution in [0.15, 0.2) is 12.3 Å². The van der Waals surface area contributed by atoms with Gasteiger partial charge in [0, 0.05) is 25.3 Å². The van der Waals surface area contributed by atoms with Gasteiger partial charge in [-0.2, -0.15) is 0 Å². The van der Waals surface area contributed by atoms with E-state index in [9.17, 15) is 9.59 Å². The fourth-order valence-electron chi connectivity index (χ4n) is 2.60. The summed E-state index contributed by atoms with van der Waals surface area (Å²) < 4.78 is 5.44. The van der Waals surface area contributed by atoms with Gasteiger partial charge in [-0.15, -0.1) is 0 Å². The Labute approximate surface area is 152 Å². The Morgan fingerprint density at radius 1 is 1.44 bits per heavy atom. The van der Waals surface area contributed by atoms with Crippen LogP contribution in [-0.2, 0) is 4.74 Å². The number of nitrogens with one attached hydrogen (secondary N) is 1. The summed E-state index contributed by atoms with van der Waals surface area (Å²) in [6.07, 6.45) is 1.90. The molecule has 1 aliphatic rings. The largest absolute Gasteiger partial charge is 0.444 e. The molecule has 0 aliphatic carbocycles. The molecular weight excluding hydrogens is 344 g/mol. The van der Waals surface area contributed by atoms with E-state index in [2.05, 4.69) is 17.2 Å². The van der Waals surface area contributed by atoms with Gasteiger partial charge in [0.1, 0.15) is 11.4 Å². The van der Waals surface area contributed by atoms with Crippen molar-refractivity contribution in [2.24, 2.45) is 11.7 Å². The molecule has 2 heterocycles. The number of carbonyl (C=O) groups excluding carboxylic acids is 2. The number of nitrogens with two attached hydrogens (primary N) is 1. The third-order valence-electron chi connectivity index (χ3n) is 4.06. The predicted molar refractivity (Wildman–Crippen MR) is 96.8 cm³/mol. The van der Waals surface area contributed by atoms with Gasteiger partial charge in [-0.05, 0) is 39.2 Å². The molecule has 138 valence electrons. The van der Waals surface area contributed by atoms with E-state index in [1.54, 1.807) is 4.90 Å². The molecule has 0 bridgehead atoms. The smallest absolute Gasteiger partial charge is 0.410 e. The Hall–Kier alpha value is -2.02. The summed E-state index contributed by atoms with van der Waals surface area (Å²) in [6.45, 7) is 8.78. The number of amides is 2. The van der Waals surface area contributed by atoms with Crippen LogP contribution in [0, 0.1) is 5.92 Å². The second-order valence-electron chi connectivity index (χ2n) is 7.36. The van der Waals surface area contributed by atoms with Crippen LogP contribution in [-0.4, -0.2) is 46.6 Å². The van der Waals surface area contributed by atoms with E-state index in [0.717, 1.165) is 6.42 Å². The van der Waals surface area contributed by atoms with E-state index in [0.29, 0.717) is 29.8 Å². The summed E-state index contributed by atoms with van der Waals surface area (Å²) in [7, 11) is 0. The summed E-state index contributed by atoms with van der Waals surface area (Å²) in [5.74, 6) is 0.213. The van der Waals surface area contributed by atoms with Crippen LogP contribution < -0.4 is 11.1 Å². The van der Waals surface area contributed by atoms with Crippen molar-refractivity contribution in [1.29, 1.82) is 0 Å². The van der Waals surface area contributed by atoms with Crippen molar-refractivity contribution < 1.29 is 14.3 Å². The quantitative estimate of drug-likeness (QED) is 0.854. The van der Waals surface area contributed by atoms with Crippen LogP contribution in [0.2, 0.25) is 5.02 Å². The van der Waals surface area contributed by atoms with Crippen LogP contribution in [0.5, 0.6) is 0 Å². The number of aromatic nitrogens is 1. The minimum absolute atomic E-state index is 0.0225. The van der Waals surface area contributed by atoms with Crippen LogP contribution >= 0.6 is 11.6 Å². The monoisotopic (exact) mass is 368 g/mol. The molecule has 3 N–H and O–H groups in total. The van der Waals surface area contributed by atoms with Crippen LogP contribution in [0.25, 0.3) is 0 Å². The van der Waals surface area contributed by atoms with E-state index in [-0.39, 0.29) is 17.7 Å². The molecule has 0 aromatic carbocycles.